The van der Waals surface area contributed by atoms with Crippen LogP contribution in [0, 0.1) is 0 Å². The summed E-state index contributed by atoms with van der Waals surface area (Å²) in [7, 11) is 0. The first-order valence-electron chi connectivity index (χ1n) is 4.90. The van der Waals surface area contributed by atoms with Gasteiger partial charge in [-0.1, -0.05) is 46.4 Å². The Balaban J connectivity index is 1.95. The highest BCUT2D eigenvalue weighted by molar-refractivity contribution is 6.49. The average Bonchev–Trinajstić information content (AvgIpc) is 2.76. The molecule has 2 heterocycles. The van der Waals surface area contributed by atoms with E-state index in [0.29, 0.717) is 0 Å². The molecule has 0 spiro atoms. The van der Waals surface area contributed by atoms with Crippen LogP contribution in [0.5, 0.6) is 0 Å². The molecule has 108 valence electrons. The van der Waals surface area contributed by atoms with Gasteiger partial charge in [-0.3, -0.25) is 10.6 Å². The van der Waals surface area contributed by atoms with Crippen LogP contribution in [0.4, 0.5) is 4.79 Å². The normalized spacial score (nSPS) is 25.8. The molecule has 2 atom stereocenters. The lowest BCUT2D eigenvalue weighted by molar-refractivity contribution is -0.139. The summed E-state index contributed by atoms with van der Waals surface area (Å²) in [5.41, 5.74) is 0. The van der Waals surface area contributed by atoms with E-state index < -0.39 is 30.4 Å². The van der Waals surface area contributed by atoms with Gasteiger partial charge >= 0.3 is 18.0 Å². The number of hydrogen-bond donors (Lipinski definition) is 2. The first kappa shape index (κ1) is 15.2. The molecular weight excluding hydrogens is 358 g/mol. The van der Waals surface area contributed by atoms with Gasteiger partial charge in [-0.2, -0.15) is 0 Å². The Morgan fingerprint density at radius 3 is 1.45 bits per heavy atom. The Morgan fingerprint density at radius 1 is 0.850 bits per heavy atom. The van der Waals surface area contributed by atoms with E-state index in [1.54, 1.807) is 0 Å². The van der Waals surface area contributed by atoms with Crippen molar-refractivity contribution in [1.82, 2.24) is 10.6 Å². The van der Waals surface area contributed by atoms with E-state index in [4.69, 9.17) is 46.4 Å². The average molecular weight is 362 g/mol. The van der Waals surface area contributed by atoms with Gasteiger partial charge in [-0.25, -0.2) is 14.4 Å². The highest BCUT2D eigenvalue weighted by Crippen LogP contribution is 2.28. The predicted octanol–water partition coefficient (Wildman–Crippen LogP) is 1.43. The number of nitrogens with one attached hydrogen (secondary N) is 2. The number of carbonyl (C=O) groups excluding carboxylic acids is 3. The van der Waals surface area contributed by atoms with Crippen molar-refractivity contribution in [3.63, 3.8) is 0 Å². The predicted molar refractivity (Wildman–Crippen MR) is 68.9 cm³/mol. The second-order valence-corrected chi connectivity index (χ2v) is 5.08. The summed E-state index contributed by atoms with van der Waals surface area (Å²) in [6.07, 6.45) is -2.46. The van der Waals surface area contributed by atoms with Crippen LogP contribution in [-0.2, 0) is 19.1 Å². The number of carbonyl (C=O) groups is 3. The summed E-state index contributed by atoms with van der Waals surface area (Å²) in [5, 5.41) is 3.37. The van der Waals surface area contributed by atoms with E-state index in [1.165, 1.54) is 0 Å². The minimum atomic E-state index is -1.23. The van der Waals surface area contributed by atoms with Gasteiger partial charge in [0, 0.05) is 0 Å². The fourth-order valence-corrected chi connectivity index (χ4v) is 1.95. The van der Waals surface area contributed by atoms with Crippen molar-refractivity contribution < 1.29 is 23.9 Å². The van der Waals surface area contributed by atoms with Gasteiger partial charge in [-0.15, -0.1) is 0 Å². The number of hydrogen-bond acceptors (Lipinski definition) is 5. The molecule has 0 aromatic carbocycles. The van der Waals surface area contributed by atoms with Crippen LogP contribution in [-0.4, -0.2) is 30.4 Å². The van der Waals surface area contributed by atoms with Gasteiger partial charge in [0.2, 0.25) is 12.5 Å². The number of amides is 2. The van der Waals surface area contributed by atoms with Gasteiger partial charge in [-0.05, 0) is 0 Å². The molecule has 0 saturated carbocycles. The molecule has 2 N–H and O–H groups in total. The second-order valence-electron chi connectivity index (χ2n) is 3.51. The minimum absolute atomic E-state index is 0.171. The van der Waals surface area contributed by atoms with Crippen molar-refractivity contribution in [2.24, 2.45) is 0 Å². The Bertz CT molecular complexity index is 525. The maximum Gasteiger partial charge on any atom is 0.353 e. The summed E-state index contributed by atoms with van der Waals surface area (Å²) in [6, 6.07) is -0.866. The fourth-order valence-electron chi connectivity index (χ4n) is 1.31. The molecular formula is C9H4Cl4N2O5. The molecule has 7 nitrogen and oxygen atoms in total. The van der Waals surface area contributed by atoms with E-state index in [0.717, 1.165) is 0 Å². The number of urea groups is 1. The molecule has 0 radical (unpaired) electrons. The summed E-state index contributed by atoms with van der Waals surface area (Å²) >= 11 is 22.4. The third-order valence-electron chi connectivity index (χ3n) is 2.21. The molecule has 0 saturated heterocycles. The third-order valence-corrected chi connectivity index (χ3v) is 3.90. The summed E-state index contributed by atoms with van der Waals surface area (Å²) in [6.45, 7) is 0. The monoisotopic (exact) mass is 360 g/mol. The van der Waals surface area contributed by atoms with Crippen LogP contribution in [0.1, 0.15) is 0 Å². The maximum atomic E-state index is 11.6. The van der Waals surface area contributed by atoms with Crippen molar-refractivity contribution >= 4 is 64.4 Å². The summed E-state index contributed by atoms with van der Waals surface area (Å²) < 4.78 is 9.32. The van der Waals surface area contributed by atoms with Crippen LogP contribution in [0.2, 0.25) is 0 Å². The Hall–Kier alpha value is -1.15. The standard InChI is InChI=1S/C9H4Cl4N2O5/c10-1-3(12)7(16)19-5(1)14-9(18)15-6-2(11)4(13)8(17)20-6/h5-6H,(H2,14,15,18)/t5-,6-/m0/s1. The van der Waals surface area contributed by atoms with Crippen molar-refractivity contribution in [1.29, 1.82) is 0 Å². The van der Waals surface area contributed by atoms with Crippen molar-refractivity contribution in [3.8, 4) is 0 Å². The van der Waals surface area contributed by atoms with Crippen LogP contribution in [0.3, 0.4) is 0 Å². The molecule has 11 heteroatoms. The SMILES string of the molecule is O=C(N[C@H]1OC(=O)C(Cl)=C1Cl)N[C@H]1OC(=O)C(Cl)=C1Cl. The first-order chi connectivity index (χ1) is 9.31. The van der Waals surface area contributed by atoms with Crippen molar-refractivity contribution in [3.05, 3.63) is 20.1 Å². The van der Waals surface area contributed by atoms with E-state index in [-0.39, 0.29) is 20.1 Å². The van der Waals surface area contributed by atoms with Crippen molar-refractivity contribution in [2.45, 2.75) is 12.5 Å². The minimum Gasteiger partial charge on any atom is -0.432 e. The lowest BCUT2D eigenvalue weighted by Gasteiger charge is -2.16. The van der Waals surface area contributed by atoms with Crippen LogP contribution in [0.25, 0.3) is 0 Å². The van der Waals surface area contributed by atoms with Gasteiger partial charge in [0.05, 0.1) is 0 Å². The second kappa shape index (κ2) is 5.69. The van der Waals surface area contributed by atoms with Gasteiger partial charge < -0.3 is 9.47 Å². The fraction of sp³-hybridized carbons (Fsp3) is 0.222. The number of cyclic esters (lactones) is 2. The number of rotatable bonds is 2. The molecule has 2 aliphatic rings. The van der Waals surface area contributed by atoms with E-state index >= 15 is 0 Å². The van der Waals surface area contributed by atoms with Crippen LogP contribution in [0.15, 0.2) is 20.1 Å². The maximum absolute atomic E-state index is 11.6. The van der Waals surface area contributed by atoms with E-state index in [9.17, 15) is 14.4 Å². The molecule has 2 aliphatic heterocycles. The Kier molecular flexibility index (Phi) is 4.33. The number of halogens is 4. The topological polar surface area (TPSA) is 93.7 Å². The molecule has 0 bridgehead atoms. The lowest BCUT2D eigenvalue weighted by atomic mass is 10.4. The van der Waals surface area contributed by atoms with Crippen LogP contribution < -0.4 is 10.6 Å². The molecule has 2 amide bonds. The van der Waals surface area contributed by atoms with Gasteiger partial charge in [0.25, 0.3) is 0 Å². The van der Waals surface area contributed by atoms with E-state index in [2.05, 4.69) is 20.1 Å². The Labute approximate surface area is 131 Å². The molecule has 0 aliphatic carbocycles. The molecule has 0 aromatic heterocycles. The quantitative estimate of drug-likeness (QED) is 0.725. The number of esters is 2. The van der Waals surface area contributed by atoms with Gasteiger partial charge in [0.1, 0.15) is 20.1 Å². The van der Waals surface area contributed by atoms with Crippen LogP contribution >= 0.6 is 46.4 Å². The molecule has 0 aromatic rings. The zero-order valence-electron chi connectivity index (χ0n) is 9.21. The lowest BCUT2D eigenvalue weighted by Crippen LogP contribution is -2.47. The molecule has 0 fully saturated rings. The molecule has 20 heavy (non-hydrogen) atoms. The third kappa shape index (κ3) is 2.80. The van der Waals surface area contributed by atoms with Gasteiger partial charge in [0.15, 0.2) is 0 Å². The zero-order chi connectivity index (χ0) is 15.0. The highest BCUT2D eigenvalue weighted by Gasteiger charge is 2.36. The zero-order valence-corrected chi connectivity index (χ0v) is 12.2. The van der Waals surface area contributed by atoms with Crippen molar-refractivity contribution in [2.75, 3.05) is 0 Å². The Morgan fingerprint density at radius 2 is 1.20 bits per heavy atom. The highest BCUT2D eigenvalue weighted by atomic mass is 35.5. The van der Waals surface area contributed by atoms with E-state index in [1.807, 2.05) is 0 Å². The number of ether oxygens (including phenoxy) is 2. The molecule has 0 unspecified atom stereocenters. The largest absolute Gasteiger partial charge is 0.432 e. The first-order valence-corrected chi connectivity index (χ1v) is 6.41. The molecule has 2 rings (SSSR count). The summed E-state index contributed by atoms with van der Waals surface area (Å²) in [5.74, 6) is -1.73. The smallest absolute Gasteiger partial charge is 0.353 e. The summed E-state index contributed by atoms with van der Waals surface area (Å²) in [4.78, 5) is 33.8.